The van der Waals surface area contributed by atoms with Gasteiger partial charge in [-0.05, 0) is 42.8 Å². The maximum absolute atomic E-state index is 13.1. The minimum Gasteiger partial charge on any atom is -0.591 e. The Morgan fingerprint density at radius 3 is 2.52 bits per heavy atom. The van der Waals surface area contributed by atoms with Crippen molar-refractivity contribution in [1.29, 1.82) is 0 Å². The first kappa shape index (κ1) is 19.1. The summed E-state index contributed by atoms with van der Waals surface area (Å²) in [5.41, 5.74) is 1.09. The van der Waals surface area contributed by atoms with Crippen LogP contribution in [0.4, 0.5) is 10.1 Å². The molecule has 0 aliphatic carbocycles. The van der Waals surface area contributed by atoms with Crippen LogP contribution in [-0.4, -0.2) is 30.2 Å². The predicted octanol–water partition coefficient (Wildman–Crippen LogP) is 1.06. The lowest BCUT2D eigenvalue weighted by molar-refractivity contribution is -0.160. The number of hydrogen-bond donors (Lipinski definition) is 3. The van der Waals surface area contributed by atoms with Crippen LogP contribution in [0.1, 0.15) is 15.9 Å². The van der Waals surface area contributed by atoms with Gasteiger partial charge in [0.1, 0.15) is 5.82 Å². The predicted molar refractivity (Wildman–Crippen MR) is 91.6 cm³/mol. The quantitative estimate of drug-likeness (QED) is 0.707. The Labute approximate surface area is 145 Å². The fraction of sp³-hybridized carbons (Fsp3) is 0.235. The molecule has 1 unspecified atom stereocenters. The number of carbonyl (C=O) groups is 1. The van der Waals surface area contributed by atoms with Gasteiger partial charge in [0.2, 0.25) is 0 Å². The van der Waals surface area contributed by atoms with Gasteiger partial charge in [-0.15, -0.1) is 0 Å². The molecule has 0 bridgehead atoms. The largest absolute Gasteiger partial charge is 0.591 e. The van der Waals surface area contributed by atoms with Crippen molar-refractivity contribution < 1.29 is 23.7 Å². The second-order valence-electron chi connectivity index (χ2n) is 5.54. The monoisotopic (exact) mass is 364 g/mol. The van der Waals surface area contributed by atoms with E-state index in [0.717, 1.165) is 13.1 Å². The molecule has 3 rings (SSSR count). The Hall–Kier alpha value is -2.18. The Bertz CT molecular complexity index is 781. The number of amides is 1. The van der Waals surface area contributed by atoms with Crippen molar-refractivity contribution in [3.63, 3.8) is 0 Å². The number of aliphatic hydroxyl groups excluding tert-OH is 1. The van der Waals surface area contributed by atoms with Gasteiger partial charge < -0.3 is 20.6 Å². The van der Waals surface area contributed by atoms with Crippen molar-refractivity contribution in [2.75, 3.05) is 18.4 Å². The third kappa shape index (κ3) is 5.69. The van der Waals surface area contributed by atoms with Crippen molar-refractivity contribution in [3.8, 4) is 0 Å². The number of aryl methyl sites for hydroxylation is 1. The number of nitrogens with one attached hydrogen (secondary N) is 2. The molecule has 0 radical (unpaired) electrons. The van der Waals surface area contributed by atoms with E-state index in [1.165, 1.54) is 42.5 Å². The molecule has 132 valence electrons. The summed E-state index contributed by atoms with van der Waals surface area (Å²) in [5.74, 6) is -0.803. The van der Waals surface area contributed by atoms with E-state index in [-0.39, 0.29) is 22.8 Å². The molecule has 3 N–H and O–H groups in total. The minimum atomic E-state index is -2.73. The molecule has 1 heterocycles. The summed E-state index contributed by atoms with van der Waals surface area (Å²) >= 11 is 0. The number of anilines is 1. The highest BCUT2D eigenvalue weighted by Gasteiger charge is 2.12. The molecule has 1 amide bonds. The van der Waals surface area contributed by atoms with Gasteiger partial charge in [0.15, 0.2) is 5.30 Å². The van der Waals surface area contributed by atoms with Crippen LogP contribution in [0.25, 0.3) is 0 Å². The van der Waals surface area contributed by atoms with Crippen LogP contribution in [0.5, 0.6) is 0 Å². The summed E-state index contributed by atoms with van der Waals surface area (Å²) < 4.78 is 24.0. The second-order valence-corrected chi connectivity index (χ2v) is 6.57. The van der Waals surface area contributed by atoms with Gasteiger partial charge in [0.25, 0.3) is 5.91 Å². The summed E-state index contributed by atoms with van der Waals surface area (Å²) in [6, 6.07) is 9.90. The van der Waals surface area contributed by atoms with Gasteiger partial charge >= 0.3 is 8.03 Å². The SMILES string of the molecule is Cc1cc(NC(=O)c2cccc([P+](=O)[O-])c2)ccc1F.OC1CNC1. The average molecular weight is 364 g/mol. The number of carbonyl (C=O) groups excluding carboxylic acids is 1. The summed E-state index contributed by atoms with van der Waals surface area (Å²) in [6.45, 7) is 3.17. The molecule has 1 aliphatic rings. The molecule has 1 aliphatic heterocycles. The van der Waals surface area contributed by atoms with Crippen molar-refractivity contribution >= 4 is 24.9 Å². The van der Waals surface area contributed by atoms with Crippen molar-refractivity contribution in [3.05, 3.63) is 59.4 Å². The lowest BCUT2D eigenvalue weighted by Crippen LogP contribution is -2.46. The zero-order chi connectivity index (χ0) is 18.4. The lowest BCUT2D eigenvalue weighted by atomic mass is 10.2. The van der Waals surface area contributed by atoms with Crippen molar-refractivity contribution in [1.82, 2.24) is 5.32 Å². The molecule has 0 spiro atoms. The van der Waals surface area contributed by atoms with E-state index in [4.69, 9.17) is 5.11 Å². The van der Waals surface area contributed by atoms with Crippen molar-refractivity contribution in [2.24, 2.45) is 0 Å². The highest BCUT2D eigenvalue weighted by molar-refractivity contribution is 7.45. The van der Waals surface area contributed by atoms with Crippen LogP contribution in [0.15, 0.2) is 42.5 Å². The molecule has 0 saturated carbocycles. The summed E-state index contributed by atoms with van der Waals surface area (Å²) in [5, 5.41) is 14.0. The van der Waals surface area contributed by atoms with E-state index in [0.29, 0.717) is 11.3 Å². The van der Waals surface area contributed by atoms with Crippen LogP contribution < -0.4 is 20.8 Å². The molecule has 2 aromatic carbocycles. The number of rotatable bonds is 3. The smallest absolute Gasteiger partial charge is 0.348 e. The molecule has 8 heteroatoms. The van der Waals surface area contributed by atoms with Crippen LogP contribution in [-0.2, 0) is 4.57 Å². The summed E-state index contributed by atoms with van der Waals surface area (Å²) in [6.07, 6.45) is -0.0463. The van der Waals surface area contributed by atoms with Crippen molar-refractivity contribution in [2.45, 2.75) is 13.0 Å². The number of aliphatic hydroxyl groups is 1. The van der Waals surface area contributed by atoms with Gasteiger partial charge in [-0.2, -0.15) is 0 Å². The topological polar surface area (TPSA) is 101 Å². The maximum Gasteiger partial charge on any atom is 0.348 e. The van der Waals surface area contributed by atoms with Gasteiger partial charge in [-0.1, -0.05) is 10.6 Å². The molecule has 25 heavy (non-hydrogen) atoms. The summed E-state index contributed by atoms with van der Waals surface area (Å²) in [7, 11) is -2.73. The van der Waals surface area contributed by atoms with Crippen LogP contribution in [0.3, 0.4) is 0 Å². The first-order valence-corrected chi connectivity index (χ1v) is 8.75. The third-order valence-corrected chi connectivity index (χ3v) is 4.19. The third-order valence-electron chi connectivity index (χ3n) is 3.49. The number of β-amino-alcohol motifs (C(OH)–C–C–N with tert-alkyl or cyclic N) is 1. The maximum atomic E-state index is 13.1. The Morgan fingerprint density at radius 1 is 1.32 bits per heavy atom. The number of benzene rings is 2. The Kier molecular flexibility index (Phi) is 6.73. The van der Waals surface area contributed by atoms with Crippen LogP contribution in [0, 0.1) is 12.7 Å². The first-order valence-electron chi connectivity index (χ1n) is 7.57. The van der Waals surface area contributed by atoms with E-state index >= 15 is 0 Å². The molecule has 6 nitrogen and oxygen atoms in total. The Balaban J connectivity index is 0.000000386. The van der Waals surface area contributed by atoms with E-state index in [9.17, 15) is 18.6 Å². The summed E-state index contributed by atoms with van der Waals surface area (Å²) in [4.78, 5) is 22.9. The molecule has 1 saturated heterocycles. The number of hydrogen-bond acceptors (Lipinski definition) is 5. The zero-order valence-electron chi connectivity index (χ0n) is 13.5. The molecule has 2 aromatic rings. The van der Waals surface area contributed by atoms with E-state index in [2.05, 4.69) is 10.6 Å². The highest BCUT2D eigenvalue weighted by atomic mass is 31.1. The van der Waals surface area contributed by atoms with Crippen LogP contribution in [0.2, 0.25) is 0 Å². The van der Waals surface area contributed by atoms with Gasteiger partial charge in [-0.3, -0.25) is 4.79 Å². The fourth-order valence-corrected chi connectivity index (χ4v) is 2.41. The molecule has 0 aromatic heterocycles. The Morgan fingerprint density at radius 2 is 2.00 bits per heavy atom. The molecule has 1 fully saturated rings. The van der Waals surface area contributed by atoms with E-state index < -0.39 is 13.9 Å². The molecular weight excluding hydrogens is 346 g/mol. The normalized spacial score (nSPS) is 14.0. The minimum absolute atomic E-state index is 0.0463. The van der Waals surface area contributed by atoms with Gasteiger partial charge in [0.05, 0.1) is 6.10 Å². The molecular formula is C17H18FN2O4P. The lowest BCUT2D eigenvalue weighted by Gasteiger charge is -2.20. The van der Waals surface area contributed by atoms with E-state index in [1.807, 2.05) is 0 Å². The van der Waals surface area contributed by atoms with Gasteiger partial charge in [0, 0.05) is 30.4 Å². The van der Waals surface area contributed by atoms with Crippen LogP contribution >= 0.6 is 8.03 Å². The zero-order valence-corrected chi connectivity index (χ0v) is 14.4. The van der Waals surface area contributed by atoms with Gasteiger partial charge in [-0.25, -0.2) is 4.39 Å². The standard InChI is InChI=1S/C14H11FNO3P.C3H7NO/c1-9-7-11(5-6-13(9)15)16-14(17)10-3-2-4-12(8-10)20(18)19;5-3-1-4-2-3/h2-8H,1H3,(H,16,17);3-5H,1-2H2. The second kappa shape index (κ2) is 8.78. The van der Waals surface area contributed by atoms with E-state index in [1.54, 1.807) is 6.92 Å². The number of halogens is 1. The average Bonchev–Trinajstić information content (AvgIpc) is 2.57. The fourth-order valence-electron chi connectivity index (χ4n) is 1.96. The molecule has 1 atom stereocenters. The first-order chi connectivity index (χ1) is 11.9. The highest BCUT2D eigenvalue weighted by Crippen LogP contribution is 2.15.